The van der Waals surface area contributed by atoms with Crippen molar-refractivity contribution in [3.8, 4) is 17.2 Å². The normalized spacial score (nSPS) is 19.6. The van der Waals surface area contributed by atoms with Crippen molar-refractivity contribution in [3.05, 3.63) is 59.3 Å². The molecule has 2 aromatic rings. The summed E-state index contributed by atoms with van der Waals surface area (Å²) in [4.78, 5) is 8.38. The lowest BCUT2D eigenvalue weighted by Gasteiger charge is -2.34. The fourth-order valence-corrected chi connectivity index (χ4v) is 5.20. The minimum Gasteiger partial charge on any atom is -0.382 e. The van der Waals surface area contributed by atoms with Crippen LogP contribution in [0.2, 0.25) is 0 Å². The van der Waals surface area contributed by atoms with E-state index >= 15 is 0 Å². The topological polar surface area (TPSA) is 63.6 Å². The van der Waals surface area contributed by atoms with Crippen LogP contribution in [0.3, 0.4) is 0 Å². The summed E-state index contributed by atoms with van der Waals surface area (Å²) in [6.45, 7) is 5.92. The van der Waals surface area contributed by atoms with Gasteiger partial charge < -0.3 is 15.5 Å². The summed E-state index contributed by atoms with van der Waals surface area (Å²) in [5, 5.41) is 18.8. The van der Waals surface area contributed by atoms with Crippen molar-refractivity contribution in [1.82, 2.24) is 15.3 Å². The first-order valence-electron chi connectivity index (χ1n) is 12.6. The standard InChI is InChI=1S/C28H35N5O/c1-32-12-7-24-16-25(23-4-2-3-22(15-23)18-29)17-28(27(24)19-32)31-26-8-13-33(14-9-26)34-20-21-5-10-30-11-6-21/h2-4,7,12,15-17,21,26,30-31H,5-6,8-11,13-14,19-20H2,1H3. The lowest BCUT2D eigenvalue weighted by molar-refractivity contribution is -0.180. The molecule has 5 rings (SSSR count). The Bertz CT molecular complexity index is 1060. The molecule has 3 heterocycles. The highest BCUT2D eigenvalue weighted by atomic mass is 16.7. The second-order valence-electron chi connectivity index (χ2n) is 9.85. The van der Waals surface area contributed by atoms with Crippen LogP contribution in [0.25, 0.3) is 17.2 Å². The second-order valence-corrected chi connectivity index (χ2v) is 9.85. The summed E-state index contributed by atoms with van der Waals surface area (Å²) in [5.41, 5.74) is 6.73. The van der Waals surface area contributed by atoms with Gasteiger partial charge in [-0.1, -0.05) is 12.1 Å². The van der Waals surface area contributed by atoms with Crippen LogP contribution < -0.4 is 10.6 Å². The van der Waals surface area contributed by atoms with Crippen LogP contribution in [-0.4, -0.2) is 55.8 Å². The van der Waals surface area contributed by atoms with Crippen LogP contribution in [0.1, 0.15) is 42.4 Å². The van der Waals surface area contributed by atoms with Gasteiger partial charge in [0.15, 0.2) is 0 Å². The molecule has 2 N–H and O–H groups in total. The lowest BCUT2D eigenvalue weighted by Crippen LogP contribution is -2.40. The summed E-state index contributed by atoms with van der Waals surface area (Å²) in [5.74, 6) is 0.691. The highest BCUT2D eigenvalue weighted by Crippen LogP contribution is 2.34. The fraction of sp³-hybridized carbons (Fsp3) is 0.464. The molecule has 0 atom stereocenters. The highest BCUT2D eigenvalue weighted by molar-refractivity contribution is 5.77. The van der Waals surface area contributed by atoms with Crippen molar-refractivity contribution in [2.75, 3.05) is 45.2 Å². The van der Waals surface area contributed by atoms with Gasteiger partial charge in [-0.05, 0) is 97.9 Å². The van der Waals surface area contributed by atoms with Crippen LogP contribution in [0.5, 0.6) is 0 Å². The molecule has 0 bridgehead atoms. The van der Waals surface area contributed by atoms with Gasteiger partial charge in [-0.3, -0.25) is 4.84 Å². The Labute approximate surface area is 203 Å². The van der Waals surface area contributed by atoms with Crippen LogP contribution in [-0.2, 0) is 11.4 Å². The van der Waals surface area contributed by atoms with E-state index in [-0.39, 0.29) is 0 Å². The van der Waals surface area contributed by atoms with Crippen LogP contribution in [0.4, 0.5) is 5.69 Å². The van der Waals surface area contributed by atoms with Gasteiger partial charge in [-0.25, -0.2) is 0 Å². The smallest absolute Gasteiger partial charge is 0.0991 e. The van der Waals surface area contributed by atoms with Gasteiger partial charge in [-0.15, -0.1) is 0 Å². The predicted octanol–water partition coefficient (Wildman–Crippen LogP) is 4.45. The number of hydroxylamine groups is 2. The van der Waals surface area contributed by atoms with E-state index in [2.05, 4.69) is 64.2 Å². The lowest BCUT2D eigenvalue weighted by atomic mass is 9.94. The number of anilines is 1. The molecule has 0 radical (unpaired) electrons. The molecule has 3 aliphatic heterocycles. The van der Waals surface area contributed by atoms with Gasteiger partial charge in [0.05, 0.1) is 18.2 Å². The minimum absolute atomic E-state index is 0.430. The Morgan fingerprint density at radius 1 is 1.09 bits per heavy atom. The average Bonchev–Trinajstić information content (AvgIpc) is 2.89. The number of fused-ring (bicyclic) bond motifs is 1. The van der Waals surface area contributed by atoms with Gasteiger partial charge in [-0.2, -0.15) is 10.3 Å². The zero-order valence-corrected chi connectivity index (χ0v) is 20.1. The first kappa shape index (κ1) is 22.9. The molecule has 0 aliphatic carbocycles. The van der Waals surface area contributed by atoms with E-state index in [4.69, 9.17) is 4.84 Å². The number of benzene rings is 2. The fourth-order valence-electron chi connectivity index (χ4n) is 5.20. The molecule has 0 aromatic heterocycles. The van der Waals surface area contributed by atoms with E-state index in [0.717, 1.165) is 63.3 Å². The van der Waals surface area contributed by atoms with Gasteiger partial charge in [0.1, 0.15) is 0 Å². The quantitative estimate of drug-likeness (QED) is 0.668. The third-order valence-corrected chi connectivity index (χ3v) is 7.29. The molecule has 0 spiro atoms. The molecule has 2 saturated heterocycles. The van der Waals surface area contributed by atoms with E-state index in [1.807, 2.05) is 18.2 Å². The maximum atomic E-state index is 9.34. The van der Waals surface area contributed by atoms with Crippen molar-refractivity contribution in [1.29, 1.82) is 5.26 Å². The van der Waals surface area contributed by atoms with Gasteiger partial charge >= 0.3 is 0 Å². The second kappa shape index (κ2) is 10.6. The van der Waals surface area contributed by atoms with Crippen molar-refractivity contribution >= 4 is 11.8 Å². The summed E-state index contributed by atoms with van der Waals surface area (Å²) < 4.78 is 0. The van der Waals surface area contributed by atoms with Crippen molar-refractivity contribution in [2.24, 2.45) is 5.92 Å². The molecule has 6 heteroatoms. The van der Waals surface area contributed by atoms with Crippen LogP contribution in [0.15, 0.2) is 42.6 Å². The molecule has 2 fully saturated rings. The number of nitriles is 1. The molecule has 3 aliphatic rings. The number of hydrogen-bond acceptors (Lipinski definition) is 6. The summed E-state index contributed by atoms with van der Waals surface area (Å²) in [6, 6.07) is 15.1. The summed E-state index contributed by atoms with van der Waals surface area (Å²) in [7, 11) is 2.12. The molecule has 0 saturated carbocycles. The number of rotatable bonds is 6. The van der Waals surface area contributed by atoms with Crippen molar-refractivity contribution in [2.45, 2.75) is 38.3 Å². The molecular formula is C28H35N5O. The first-order valence-corrected chi connectivity index (χ1v) is 12.6. The Morgan fingerprint density at radius 2 is 1.91 bits per heavy atom. The maximum Gasteiger partial charge on any atom is 0.0991 e. The molecule has 34 heavy (non-hydrogen) atoms. The molecule has 0 amide bonds. The van der Waals surface area contributed by atoms with Crippen LogP contribution >= 0.6 is 0 Å². The highest BCUT2D eigenvalue weighted by Gasteiger charge is 2.23. The number of hydrogen-bond donors (Lipinski definition) is 2. The third kappa shape index (κ3) is 5.44. The van der Waals surface area contributed by atoms with Crippen LogP contribution in [0, 0.1) is 17.2 Å². The Balaban J connectivity index is 1.27. The third-order valence-electron chi connectivity index (χ3n) is 7.29. The van der Waals surface area contributed by atoms with Gasteiger partial charge in [0, 0.05) is 44.0 Å². The zero-order chi connectivity index (χ0) is 23.3. The number of nitrogens with zero attached hydrogens (tertiary/aromatic N) is 3. The predicted molar refractivity (Wildman–Crippen MR) is 137 cm³/mol. The Kier molecular flexibility index (Phi) is 7.15. The van der Waals surface area contributed by atoms with Gasteiger partial charge in [0.2, 0.25) is 0 Å². The van der Waals surface area contributed by atoms with Crippen molar-refractivity contribution < 1.29 is 4.84 Å². The van der Waals surface area contributed by atoms with E-state index in [9.17, 15) is 5.26 Å². The molecule has 2 aromatic carbocycles. The molecular weight excluding hydrogens is 422 g/mol. The number of nitrogens with one attached hydrogen (secondary N) is 2. The summed E-state index contributed by atoms with van der Waals surface area (Å²) in [6.07, 6.45) is 8.92. The van der Waals surface area contributed by atoms with Crippen molar-refractivity contribution in [3.63, 3.8) is 0 Å². The molecule has 6 nitrogen and oxygen atoms in total. The van der Waals surface area contributed by atoms with E-state index in [0.29, 0.717) is 17.5 Å². The van der Waals surface area contributed by atoms with E-state index < -0.39 is 0 Å². The largest absolute Gasteiger partial charge is 0.382 e. The van der Waals surface area contributed by atoms with E-state index in [1.165, 1.54) is 29.7 Å². The van der Waals surface area contributed by atoms with E-state index in [1.54, 1.807) is 0 Å². The average molecular weight is 458 g/mol. The Morgan fingerprint density at radius 3 is 2.71 bits per heavy atom. The molecule has 178 valence electrons. The van der Waals surface area contributed by atoms with Gasteiger partial charge in [0.25, 0.3) is 0 Å². The Hall–Kier alpha value is -2.85. The monoisotopic (exact) mass is 457 g/mol. The molecule has 0 unspecified atom stereocenters. The summed E-state index contributed by atoms with van der Waals surface area (Å²) >= 11 is 0. The minimum atomic E-state index is 0.430. The first-order chi connectivity index (χ1) is 16.7. The zero-order valence-electron chi connectivity index (χ0n) is 20.1. The number of piperidine rings is 2. The SMILES string of the molecule is CN1C=Cc2cc(-c3cccc(C#N)c3)cc(NC3CCN(OCC4CCNCC4)CC3)c2C1. The maximum absolute atomic E-state index is 9.34.